The summed E-state index contributed by atoms with van der Waals surface area (Å²) in [7, 11) is 1.72. The van der Waals surface area contributed by atoms with Gasteiger partial charge in [0, 0.05) is 18.9 Å². The number of hydrogen-bond acceptors (Lipinski definition) is 3. The molecule has 0 aromatic carbocycles. The van der Waals surface area contributed by atoms with E-state index in [4.69, 9.17) is 9.47 Å². The van der Waals surface area contributed by atoms with Gasteiger partial charge in [-0.25, -0.2) is 4.98 Å². The van der Waals surface area contributed by atoms with Gasteiger partial charge in [-0.1, -0.05) is 12.8 Å². The number of ether oxygens (including phenoxy) is 2. The van der Waals surface area contributed by atoms with Crippen molar-refractivity contribution in [1.82, 2.24) is 4.98 Å². The minimum atomic E-state index is 0.371. The molecule has 3 rings (SSSR count). The van der Waals surface area contributed by atoms with Crippen molar-refractivity contribution in [3.8, 4) is 5.88 Å². The first kappa shape index (κ1) is 12.9. The molecule has 0 spiro atoms. The molecule has 1 aromatic heterocycles. The van der Waals surface area contributed by atoms with Crippen LogP contribution < -0.4 is 4.74 Å². The lowest BCUT2D eigenvalue weighted by molar-refractivity contribution is 0.113. The summed E-state index contributed by atoms with van der Waals surface area (Å²) in [6.45, 7) is 2.63. The Morgan fingerprint density at radius 1 is 1.16 bits per heavy atom. The van der Waals surface area contributed by atoms with Crippen molar-refractivity contribution in [2.24, 2.45) is 11.8 Å². The fourth-order valence-corrected chi connectivity index (χ4v) is 3.73. The largest absolute Gasteiger partial charge is 0.474 e. The molecule has 104 valence electrons. The molecule has 3 heteroatoms. The van der Waals surface area contributed by atoms with Crippen LogP contribution in [-0.2, 0) is 11.3 Å². The normalized spacial score (nSPS) is 29.5. The monoisotopic (exact) mass is 261 g/mol. The number of methoxy groups -OCH3 is 1. The topological polar surface area (TPSA) is 31.4 Å². The summed E-state index contributed by atoms with van der Waals surface area (Å²) in [5.74, 6) is 2.57. The summed E-state index contributed by atoms with van der Waals surface area (Å²) < 4.78 is 11.3. The SMILES string of the molecule is COCc1cc(C)nc(OC2C[C@H]3CC[C@@H](C2)C3)c1. The maximum Gasteiger partial charge on any atom is 0.214 e. The molecule has 1 aromatic rings. The highest BCUT2D eigenvalue weighted by molar-refractivity contribution is 5.24. The van der Waals surface area contributed by atoms with Crippen molar-refractivity contribution in [2.75, 3.05) is 7.11 Å². The third-order valence-corrected chi connectivity index (χ3v) is 4.43. The van der Waals surface area contributed by atoms with Gasteiger partial charge in [0.25, 0.3) is 0 Å². The molecule has 2 bridgehead atoms. The van der Waals surface area contributed by atoms with Gasteiger partial charge in [0.1, 0.15) is 6.10 Å². The highest BCUT2D eigenvalue weighted by Gasteiger charge is 2.35. The third-order valence-electron chi connectivity index (χ3n) is 4.43. The smallest absolute Gasteiger partial charge is 0.214 e. The summed E-state index contributed by atoms with van der Waals surface area (Å²) in [5.41, 5.74) is 2.15. The van der Waals surface area contributed by atoms with Gasteiger partial charge in [0.2, 0.25) is 5.88 Å². The lowest BCUT2D eigenvalue weighted by atomic mass is 9.87. The Balaban J connectivity index is 1.68. The summed E-state index contributed by atoms with van der Waals surface area (Å²) in [5, 5.41) is 0. The first-order valence-electron chi connectivity index (χ1n) is 7.36. The second-order valence-electron chi connectivity index (χ2n) is 6.14. The number of fused-ring (bicyclic) bond motifs is 2. The van der Waals surface area contributed by atoms with Gasteiger partial charge in [-0.15, -0.1) is 0 Å². The molecule has 0 amide bonds. The maximum absolute atomic E-state index is 6.14. The molecule has 19 heavy (non-hydrogen) atoms. The molecule has 0 radical (unpaired) electrons. The van der Waals surface area contributed by atoms with Crippen LogP contribution >= 0.6 is 0 Å². The van der Waals surface area contributed by atoms with Gasteiger partial charge in [-0.05, 0) is 49.7 Å². The Morgan fingerprint density at radius 3 is 2.58 bits per heavy atom. The number of hydrogen-bond donors (Lipinski definition) is 0. The summed E-state index contributed by atoms with van der Waals surface area (Å²) in [4.78, 5) is 4.50. The first-order chi connectivity index (χ1) is 9.22. The van der Waals surface area contributed by atoms with Crippen LogP contribution in [0.3, 0.4) is 0 Å². The van der Waals surface area contributed by atoms with E-state index in [0.717, 1.165) is 29.0 Å². The van der Waals surface area contributed by atoms with Crippen molar-refractivity contribution in [3.63, 3.8) is 0 Å². The number of nitrogens with zero attached hydrogens (tertiary/aromatic N) is 1. The van der Waals surface area contributed by atoms with Crippen LogP contribution in [0.5, 0.6) is 5.88 Å². The molecule has 2 aliphatic carbocycles. The van der Waals surface area contributed by atoms with E-state index < -0.39 is 0 Å². The third kappa shape index (κ3) is 3.08. The Labute approximate surface area is 115 Å². The number of aromatic nitrogens is 1. The quantitative estimate of drug-likeness (QED) is 0.831. The second-order valence-corrected chi connectivity index (χ2v) is 6.14. The van der Waals surface area contributed by atoms with Crippen LogP contribution in [0.15, 0.2) is 12.1 Å². The zero-order chi connectivity index (χ0) is 13.2. The number of rotatable bonds is 4. The van der Waals surface area contributed by atoms with Gasteiger partial charge in [-0.3, -0.25) is 0 Å². The highest BCUT2D eigenvalue weighted by Crippen LogP contribution is 2.42. The average molecular weight is 261 g/mol. The minimum absolute atomic E-state index is 0.371. The fourth-order valence-electron chi connectivity index (χ4n) is 3.73. The predicted octanol–water partition coefficient (Wildman–Crippen LogP) is 3.49. The second kappa shape index (κ2) is 5.49. The van der Waals surface area contributed by atoms with E-state index in [2.05, 4.69) is 11.1 Å². The number of pyridine rings is 1. The summed E-state index contributed by atoms with van der Waals surface area (Å²) >= 11 is 0. The van der Waals surface area contributed by atoms with E-state index in [0.29, 0.717) is 12.7 Å². The Bertz CT molecular complexity index is 434. The highest BCUT2D eigenvalue weighted by atomic mass is 16.5. The Hall–Kier alpha value is -1.09. The Morgan fingerprint density at radius 2 is 1.89 bits per heavy atom. The molecule has 1 heterocycles. The molecule has 1 unspecified atom stereocenters. The van der Waals surface area contributed by atoms with Crippen LogP contribution in [0.1, 0.15) is 43.4 Å². The lowest BCUT2D eigenvalue weighted by Gasteiger charge is -2.28. The molecule has 0 N–H and O–H groups in total. The van der Waals surface area contributed by atoms with Gasteiger partial charge in [0.05, 0.1) is 6.61 Å². The zero-order valence-electron chi connectivity index (χ0n) is 11.9. The van der Waals surface area contributed by atoms with Crippen molar-refractivity contribution >= 4 is 0 Å². The summed E-state index contributed by atoms with van der Waals surface area (Å²) in [6.07, 6.45) is 7.03. The molecule has 2 fully saturated rings. The number of aryl methyl sites for hydroxylation is 1. The van der Waals surface area contributed by atoms with Crippen molar-refractivity contribution in [3.05, 3.63) is 23.4 Å². The van der Waals surface area contributed by atoms with Gasteiger partial charge in [0.15, 0.2) is 0 Å². The van der Waals surface area contributed by atoms with Crippen molar-refractivity contribution in [2.45, 2.75) is 51.7 Å². The molecular formula is C16H23NO2. The molecule has 0 saturated heterocycles. The average Bonchev–Trinajstić information content (AvgIpc) is 2.68. The van der Waals surface area contributed by atoms with Gasteiger partial charge >= 0.3 is 0 Å². The van der Waals surface area contributed by atoms with Crippen LogP contribution in [0.2, 0.25) is 0 Å². The molecule has 2 saturated carbocycles. The van der Waals surface area contributed by atoms with E-state index in [-0.39, 0.29) is 0 Å². The fraction of sp³-hybridized carbons (Fsp3) is 0.688. The predicted molar refractivity (Wildman–Crippen MR) is 74.2 cm³/mol. The molecule has 2 aliphatic rings. The van der Waals surface area contributed by atoms with Crippen LogP contribution in [0.25, 0.3) is 0 Å². The van der Waals surface area contributed by atoms with Crippen LogP contribution in [0.4, 0.5) is 0 Å². The standard InChI is InChI=1S/C16H23NO2/c1-11-5-14(10-18-2)9-16(17-11)19-15-7-12-3-4-13(6-12)8-15/h5,9,12-13,15H,3-4,6-8,10H2,1-2H3/t12-,13+,15?. The molecule has 3 nitrogen and oxygen atoms in total. The van der Waals surface area contributed by atoms with E-state index >= 15 is 0 Å². The van der Waals surface area contributed by atoms with E-state index in [1.807, 2.05) is 13.0 Å². The molecule has 3 atom stereocenters. The molecule has 0 aliphatic heterocycles. The Kier molecular flexibility index (Phi) is 3.74. The van der Waals surface area contributed by atoms with Gasteiger partial charge < -0.3 is 9.47 Å². The van der Waals surface area contributed by atoms with Crippen molar-refractivity contribution < 1.29 is 9.47 Å². The molecular weight excluding hydrogens is 238 g/mol. The summed E-state index contributed by atoms with van der Waals surface area (Å²) in [6, 6.07) is 4.08. The zero-order valence-corrected chi connectivity index (χ0v) is 11.9. The van der Waals surface area contributed by atoms with E-state index in [1.165, 1.54) is 32.1 Å². The van der Waals surface area contributed by atoms with Crippen LogP contribution in [-0.4, -0.2) is 18.2 Å². The van der Waals surface area contributed by atoms with E-state index in [1.54, 1.807) is 7.11 Å². The van der Waals surface area contributed by atoms with Gasteiger partial charge in [-0.2, -0.15) is 0 Å². The lowest BCUT2D eigenvalue weighted by Crippen LogP contribution is -2.26. The van der Waals surface area contributed by atoms with Crippen LogP contribution in [0, 0.1) is 18.8 Å². The first-order valence-corrected chi connectivity index (χ1v) is 7.36. The van der Waals surface area contributed by atoms with Crippen molar-refractivity contribution in [1.29, 1.82) is 0 Å². The minimum Gasteiger partial charge on any atom is -0.474 e. The maximum atomic E-state index is 6.14. The van der Waals surface area contributed by atoms with E-state index in [9.17, 15) is 0 Å².